The molecular formula is C19H19NO4. The second-order valence-electron chi connectivity index (χ2n) is 5.59. The predicted octanol–water partition coefficient (Wildman–Crippen LogP) is 3.67. The molecule has 0 fully saturated rings. The van der Waals surface area contributed by atoms with Crippen LogP contribution < -0.4 is 10.1 Å². The normalized spacial score (nSPS) is 12.2. The van der Waals surface area contributed by atoms with Gasteiger partial charge in [0.1, 0.15) is 17.1 Å². The molecule has 0 aliphatic heterocycles. The molecule has 0 spiro atoms. The number of aryl methyl sites for hydroxylation is 1. The number of methoxy groups -OCH3 is 1. The molecule has 24 heavy (non-hydrogen) atoms. The first-order valence-corrected chi connectivity index (χ1v) is 7.67. The third-order valence-corrected chi connectivity index (χ3v) is 4.06. The maximum Gasteiger partial charge on any atom is 0.328 e. The number of fused-ring (bicyclic) bond motifs is 1. The van der Waals surface area contributed by atoms with E-state index in [4.69, 9.17) is 9.15 Å². The van der Waals surface area contributed by atoms with Crippen molar-refractivity contribution >= 4 is 16.9 Å². The van der Waals surface area contributed by atoms with Crippen molar-refractivity contribution in [2.45, 2.75) is 19.5 Å². The average Bonchev–Trinajstić information content (AvgIpc) is 2.92. The second kappa shape index (κ2) is 6.76. The highest BCUT2D eigenvalue weighted by molar-refractivity contribution is 5.85. The van der Waals surface area contributed by atoms with Gasteiger partial charge in [0.15, 0.2) is 6.04 Å². The Morgan fingerprint density at radius 1 is 1.21 bits per heavy atom. The van der Waals surface area contributed by atoms with Gasteiger partial charge in [-0.25, -0.2) is 0 Å². The van der Waals surface area contributed by atoms with Crippen molar-refractivity contribution in [1.82, 2.24) is 5.32 Å². The fourth-order valence-electron chi connectivity index (χ4n) is 2.72. The van der Waals surface area contributed by atoms with Crippen molar-refractivity contribution < 1.29 is 19.1 Å². The molecule has 3 aromatic rings. The molecule has 5 heteroatoms. The lowest BCUT2D eigenvalue weighted by molar-refractivity contribution is -0.140. The molecule has 1 aromatic heterocycles. The lowest BCUT2D eigenvalue weighted by atomic mass is 10.1. The maximum atomic E-state index is 11.7. The molecule has 0 radical (unpaired) electrons. The molecule has 0 saturated carbocycles. The van der Waals surface area contributed by atoms with Crippen LogP contribution >= 0.6 is 0 Å². The van der Waals surface area contributed by atoms with E-state index in [1.165, 1.54) is 0 Å². The van der Waals surface area contributed by atoms with Gasteiger partial charge in [-0.1, -0.05) is 30.3 Å². The van der Waals surface area contributed by atoms with Gasteiger partial charge in [0, 0.05) is 17.5 Å². The number of nitrogens with one attached hydrogen (secondary N) is 1. The first kappa shape index (κ1) is 16.1. The Morgan fingerprint density at radius 3 is 2.54 bits per heavy atom. The van der Waals surface area contributed by atoms with E-state index >= 15 is 0 Å². The monoisotopic (exact) mass is 325 g/mol. The Bertz CT molecular complexity index is 851. The van der Waals surface area contributed by atoms with Crippen molar-refractivity contribution in [2.24, 2.45) is 0 Å². The van der Waals surface area contributed by atoms with Crippen LogP contribution in [-0.4, -0.2) is 18.2 Å². The summed E-state index contributed by atoms with van der Waals surface area (Å²) < 4.78 is 10.9. The van der Waals surface area contributed by atoms with Crippen molar-refractivity contribution in [3.63, 3.8) is 0 Å². The molecule has 5 nitrogen and oxygen atoms in total. The quantitative estimate of drug-likeness (QED) is 0.723. The zero-order chi connectivity index (χ0) is 17.1. The van der Waals surface area contributed by atoms with Crippen LogP contribution in [0.5, 0.6) is 5.75 Å². The molecule has 0 saturated heterocycles. The van der Waals surface area contributed by atoms with Crippen molar-refractivity contribution in [3.05, 3.63) is 65.4 Å². The van der Waals surface area contributed by atoms with Crippen LogP contribution in [0.4, 0.5) is 0 Å². The fraction of sp³-hybridized carbons (Fsp3) is 0.211. The molecule has 1 atom stereocenters. The summed E-state index contributed by atoms with van der Waals surface area (Å²) in [4.78, 5) is 11.7. The van der Waals surface area contributed by atoms with E-state index in [1.54, 1.807) is 7.11 Å². The maximum absolute atomic E-state index is 11.7. The van der Waals surface area contributed by atoms with Crippen LogP contribution in [0.15, 0.2) is 52.9 Å². The van der Waals surface area contributed by atoms with E-state index in [2.05, 4.69) is 5.32 Å². The number of furan rings is 1. The van der Waals surface area contributed by atoms with E-state index in [9.17, 15) is 9.90 Å². The van der Waals surface area contributed by atoms with Gasteiger partial charge >= 0.3 is 5.97 Å². The van der Waals surface area contributed by atoms with Crippen LogP contribution in [0.2, 0.25) is 0 Å². The summed E-state index contributed by atoms with van der Waals surface area (Å²) in [6, 6.07) is 14.1. The highest BCUT2D eigenvalue weighted by Crippen LogP contribution is 2.29. The van der Waals surface area contributed by atoms with E-state index < -0.39 is 12.0 Å². The van der Waals surface area contributed by atoms with Gasteiger partial charge in [-0.3, -0.25) is 10.1 Å². The summed E-state index contributed by atoms with van der Waals surface area (Å²) >= 11 is 0. The van der Waals surface area contributed by atoms with Crippen LogP contribution in [0.1, 0.15) is 22.9 Å². The Kier molecular flexibility index (Phi) is 4.53. The second-order valence-corrected chi connectivity index (χ2v) is 5.59. The van der Waals surface area contributed by atoms with Crippen molar-refractivity contribution in [2.75, 3.05) is 7.11 Å². The minimum atomic E-state index is -0.967. The number of aliphatic carboxylic acids is 1. The molecule has 3 rings (SSSR count). The molecule has 0 bridgehead atoms. The molecule has 124 valence electrons. The smallest absolute Gasteiger partial charge is 0.328 e. The number of hydrogen-bond donors (Lipinski definition) is 2. The number of carbonyl (C=O) groups is 1. The predicted molar refractivity (Wildman–Crippen MR) is 91.2 cm³/mol. The standard InChI is InChI=1S/C19H19NO4/c1-12-15-5-3-4-6-16(15)24-18(12)17(19(21)22)20-11-13-7-9-14(23-2)10-8-13/h3-10,17,20H,11H2,1-2H3,(H,21,22). The fourth-order valence-corrected chi connectivity index (χ4v) is 2.72. The summed E-state index contributed by atoms with van der Waals surface area (Å²) in [5.41, 5.74) is 2.51. The minimum absolute atomic E-state index is 0.414. The van der Waals surface area contributed by atoms with Crippen molar-refractivity contribution in [1.29, 1.82) is 0 Å². The molecule has 0 amide bonds. The number of benzene rings is 2. The summed E-state index contributed by atoms with van der Waals surface area (Å²) in [5.74, 6) is 0.240. The van der Waals surface area contributed by atoms with Crippen LogP contribution in [0.3, 0.4) is 0 Å². The summed E-state index contributed by atoms with van der Waals surface area (Å²) in [7, 11) is 1.61. The van der Waals surface area contributed by atoms with Gasteiger partial charge in [-0.2, -0.15) is 0 Å². The average molecular weight is 325 g/mol. The van der Waals surface area contributed by atoms with E-state index in [0.717, 1.165) is 22.3 Å². The van der Waals surface area contributed by atoms with Gasteiger partial charge in [-0.05, 0) is 30.7 Å². The summed E-state index contributed by atoms with van der Waals surface area (Å²) in [6.07, 6.45) is 0. The molecule has 2 N–H and O–H groups in total. The minimum Gasteiger partial charge on any atom is -0.497 e. The van der Waals surface area contributed by atoms with Gasteiger partial charge in [0.25, 0.3) is 0 Å². The largest absolute Gasteiger partial charge is 0.497 e. The molecule has 0 aliphatic rings. The molecule has 0 aliphatic carbocycles. The van der Waals surface area contributed by atoms with E-state index in [-0.39, 0.29) is 0 Å². The molecule has 1 heterocycles. The molecule has 1 unspecified atom stereocenters. The van der Waals surface area contributed by atoms with E-state index in [0.29, 0.717) is 17.9 Å². The third-order valence-electron chi connectivity index (χ3n) is 4.06. The van der Waals surface area contributed by atoms with Crippen LogP contribution in [0, 0.1) is 6.92 Å². The summed E-state index contributed by atoms with van der Waals surface area (Å²) in [5, 5.41) is 13.6. The number of carboxylic acid groups (broad SMARTS) is 1. The Morgan fingerprint density at radius 2 is 1.92 bits per heavy atom. The molecular weight excluding hydrogens is 306 g/mol. The molecule has 2 aromatic carbocycles. The lowest BCUT2D eigenvalue weighted by Gasteiger charge is -2.13. The van der Waals surface area contributed by atoms with Crippen molar-refractivity contribution in [3.8, 4) is 5.75 Å². The summed E-state index contributed by atoms with van der Waals surface area (Å²) in [6.45, 7) is 2.30. The zero-order valence-electron chi connectivity index (χ0n) is 13.6. The van der Waals surface area contributed by atoms with Gasteiger partial charge < -0.3 is 14.3 Å². The first-order valence-electron chi connectivity index (χ1n) is 7.67. The van der Waals surface area contributed by atoms with Gasteiger partial charge in [0.05, 0.1) is 7.11 Å². The number of hydrogen-bond acceptors (Lipinski definition) is 4. The van der Waals surface area contributed by atoms with Gasteiger partial charge in [-0.15, -0.1) is 0 Å². The Labute approximate surface area is 139 Å². The third kappa shape index (κ3) is 3.12. The SMILES string of the molecule is COc1ccc(CNC(C(=O)O)c2oc3ccccc3c2C)cc1. The van der Waals surface area contributed by atoms with Gasteiger partial charge in [0.2, 0.25) is 0 Å². The number of carboxylic acids is 1. The van der Waals surface area contributed by atoms with Crippen LogP contribution in [0.25, 0.3) is 11.0 Å². The number of para-hydroxylation sites is 1. The highest BCUT2D eigenvalue weighted by Gasteiger charge is 2.26. The topological polar surface area (TPSA) is 71.7 Å². The van der Waals surface area contributed by atoms with E-state index in [1.807, 2.05) is 55.5 Å². The Balaban J connectivity index is 1.83. The van der Waals surface area contributed by atoms with Crippen LogP contribution in [-0.2, 0) is 11.3 Å². The number of ether oxygens (including phenoxy) is 1. The highest BCUT2D eigenvalue weighted by atomic mass is 16.5. The number of rotatable bonds is 6. The first-order chi connectivity index (χ1) is 11.6. The Hall–Kier alpha value is -2.79. The zero-order valence-corrected chi connectivity index (χ0v) is 13.6. The lowest BCUT2D eigenvalue weighted by Crippen LogP contribution is -2.28.